The number of carbonyl (C=O) groups is 1. The molecule has 1 amide bonds. The highest BCUT2D eigenvalue weighted by atomic mass is 19.1. The van der Waals surface area contributed by atoms with E-state index in [1.165, 1.54) is 26.0 Å². The van der Waals surface area contributed by atoms with Gasteiger partial charge in [0.15, 0.2) is 5.67 Å². The van der Waals surface area contributed by atoms with Gasteiger partial charge >= 0.3 is 0 Å². The second-order valence-corrected chi connectivity index (χ2v) is 5.76. The Kier molecular flexibility index (Phi) is 3.61. The normalized spacial score (nSPS) is 23.7. The number of likely N-dealkylation sites (tertiary alicyclic amines) is 1. The number of hydrogen-bond acceptors (Lipinski definition) is 1. The Morgan fingerprint density at radius 3 is 2.42 bits per heavy atom. The summed E-state index contributed by atoms with van der Waals surface area (Å²) >= 11 is 0. The van der Waals surface area contributed by atoms with Crippen LogP contribution >= 0.6 is 0 Å². The fourth-order valence-electron chi connectivity index (χ4n) is 2.63. The number of alkyl halides is 1. The molecule has 1 aliphatic heterocycles. The van der Waals surface area contributed by atoms with Gasteiger partial charge in [-0.25, -0.2) is 8.78 Å². The smallest absolute Gasteiger partial charge is 0.259 e. The van der Waals surface area contributed by atoms with E-state index in [4.69, 9.17) is 0 Å². The van der Waals surface area contributed by atoms with Gasteiger partial charge in [-0.05, 0) is 44.9 Å². The van der Waals surface area contributed by atoms with Crippen molar-refractivity contribution in [3.8, 4) is 0 Å². The van der Waals surface area contributed by atoms with Gasteiger partial charge in [-0.1, -0.05) is 12.1 Å². The van der Waals surface area contributed by atoms with E-state index in [2.05, 4.69) is 0 Å². The predicted octanol–water partition coefficient (Wildman–Crippen LogP) is 3.28. The minimum atomic E-state index is -1.84. The van der Waals surface area contributed by atoms with Crippen molar-refractivity contribution >= 4 is 5.91 Å². The molecule has 2 rings (SSSR count). The van der Waals surface area contributed by atoms with Crippen LogP contribution in [-0.4, -0.2) is 29.1 Å². The number of halogens is 2. The van der Waals surface area contributed by atoms with Gasteiger partial charge in [0.05, 0.1) is 0 Å². The summed E-state index contributed by atoms with van der Waals surface area (Å²) in [6.45, 7) is 4.99. The molecule has 4 heteroatoms. The number of rotatable bonds is 2. The molecule has 1 aromatic rings. The van der Waals surface area contributed by atoms with E-state index in [9.17, 15) is 13.6 Å². The summed E-state index contributed by atoms with van der Waals surface area (Å²) in [4.78, 5) is 13.6. The first kappa shape index (κ1) is 14.0. The zero-order valence-corrected chi connectivity index (χ0v) is 11.5. The number of amides is 1. The minimum absolute atomic E-state index is 0.0116. The fraction of sp³-hybridized carbons (Fsp3) is 0.533. The largest absolute Gasteiger partial charge is 0.337 e. The van der Waals surface area contributed by atoms with Crippen molar-refractivity contribution in [2.45, 2.75) is 44.8 Å². The highest BCUT2D eigenvalue weighted by molar-refractivity contribution is 5.84. The van der Waals surface area contributed by atoms with Crippen LogP contribution < -0.4 is 0 Å². The Morgan fingerprint density at radius 2 is 1.89 bits per heavy atom. The van der Waals surface area contributed by atoms with E-state index in [0.29, 0.717) is 6.54 Å². The lowest BCUT2D eigenvalue weighted by Crippen LogP contribution is -2.44. The molecule has 1 aliphatic rings. The molecule has 0 aliphatic carbocycles. The van der Waals surface area contributed by atoms with Gasteiger partial charge in [0.2, 0.25) is 0 Å². The molecule has 2 atom stereocenters. The third-order valence-electron chi connectivity index (χ3n) is 3.69. The third kappa shape index (κ3) is 2.94. The second kappa shape index (κ2) is 4.91. The lowest BCUT2D eigenvalue weighted by Gasteiger charge is -2.26. The van der Waals surface area contributed by atoms with Crippen LogP contribution in [0.15, 0.2) is 24.3 Å². The Balaban J connectivity index is 2.13. The Bertz CT molecular complexity index is 464. The molecule has 0 saturated carbocycles. The molecule has 1 fully saturated rings. The number of hydrogen-bond donors (Lipinski definition) is 0. The molecule has 0 bridgehead atoms. The van der Waals surface area contributed by atoms with E-state index < -0.39 is 11.6 Å². The highest BCUT2D eigenvalue weighted by Gasteiger charge is 2.39. The van der Waals surface area contributed by atoms with E-state index in [-0.39, 0.29) is 17.8 Å². The first-order chi connectivity index (χ1) is 8.79. The van der Waals surface area contributed by atoms with Crippen LogP contribution in [0.5, 0.6) is 0 Å². The Morgan fingerprint density at radius 1 is 1.32 bits per heavy atom. The molecule has 0 spiro atoms. The van der Waals surface area contributed by atoms with E-state index in [1.807, 2.05) is 6.92 Å². The maximum Gasteiger partial charge on any atom is 0.259 e. The fourth-order valence-corrected chi connectivity index (χ4v) is 2.63. The van der Waals surface area contributed by atoms with Crippen LogP contribution in [0, 0.1) is 5.82 Å². The lowest BCUT2D eigenvalue weighted by molar-refractivity contribution is -0.142. The summed E-state index contributed by atoms with van der Waals surface area (Å²) in [5.74, 6) is -0.584. The van der Waals surface area contributed by atoms with Crippen LogP contribution in [0.25, 0.3) is 0 Å². The molecule has 0 aromatic heterocycles. The zero-order chi connectivity index (χ0) is 14.2. The quantitative estimate of drug-likeness (QED) is 0.805. The third-order valence-corrected chi connectivity index (χ3v) is 3.69. The SMILES string of the molecule is CC1CC(c2ccc(F)cc2)CN1C(=O)C(C)(C)F. The molecule has 1 aromatic carbocycles. The molecular formula is C15H19F2NO. The van der Waals surface area contributed by atoms with E-state index in [0.717, 1.165) is 12.0 Å². The first-order valence-electron chi connectivity index (χ1n) is 6.54. The van der Waals surface area contributed by atoms with Gasteiger partial charge in [-0.15, -0.1) is 0 Å². The van der Waals surface area contributed by atoms with Gasteiger partial charge in [-0.3, -0.25) is 4.79 Å². The summed E-state index contributed by atoms with van der Waals surface area (Å²) in [6, 6.07) is 6.33. The van der Waals surface area contributed by atoms with E-state index >= 15 is 0 Å². The van der Waals surface area contributed by atoms with E-state index in [1.54, 1.807) is 17.0 Å². The molecule has 2 unspecified atom stereocenters. The number of benzene rings is 1. The van der Waals surface area contributed by atoms with Crippen LogP contribution in [0.1, 0.15) is 38.7 Å². The van der Waals surface area contributed by atoms with Gasteiger partial charge in [0, 0.05) is 18.5 Å². The maximum atomic E-state index is 13.7. The topological polar surface area (TPSA) is 20.3 Å². The average molecular weight is 267 g/mol. The van der Waals surface area contributed by atoms with Crippen molar-refractivity contribution in [1.29, 1.82) is 0 Å². The van der Waals surface area contributed by atoms with Gasteiger partial charge in [-0.2, -0.15) is 0 Å². The molecule has 2 nitrogen and oxygen atoms in total. The minimum Gasteiger partial charge on any atom is -0.337 e. The van der Waals surface area contributed by atoms with Gasteiger partial charge in [0.25, 0.3) is 5.91 Å². The standard InChI is InChI=1S/C15H19F2NO/c1-10-8-12(11-4-6-13(16)7-5-11)9-18(10)14(19)15(2,3)17/h4-7,10,12H,8-9H2,1-3H3. The van der Waals surface area contributed by atoms with Crippen molar-refractivity contribution in [3.63, 3.8) is 0 Å². The lowest BCUT2D eigenvalue weighted by atomic mass is 9.97. The maximum absolute atomic E-state index is 13.7. The van der Waals surface area contributed by atoms with Gasteiger partial charge in [0.1, 0.15) is 5.82 Å². The van der Waals surface area contributed by atoms with Crippen molar-refractivity contribution in [1.82, 2.24) is 4.90 Å². The summed E-state index contributed by atoms with van der Waals surface area (Å²) in [6.07, 6.45) is 0.785. The van der Waals surface area contributed by atoms with Crippen LogP contribution in [-0.2, 0) is 4.79 Å². The average Bonchev–Trinajstić information content (AvgIpc) is 2.70. The Labute approximate surface area is 112 Å². The zero-order valence-electron chi connectivity index (χ0n) is 11.5. The Hall–Kier alpha value is -1.45. The molecule has 1 heterocycles. The molecule has 19 heavy (non-hydrogen) atoms. The van der Waals surface area contributed by atoms with Crippen molar-refractivity contribution in [2.75, 3.05) is 6.54 Å². The molecular weight excluding hydrogens is 248 g/mol. The van der Waals surface area contributed by atoms with Crippen molar-refractivity contribution in [2.24, 2.45) is 0 Å². The highest BCUT2D eigenvalue weighted by Crippen LogP contribution is 2.33. The molecule has 104 valence electrons. The summed E-state index contributed by atoms with van der Waals surface area (Å²) in [5.41, 5.74) is -0.841. The van der Waals surface area contributed by atoms with Crippen molar-refractivity contribution in [3.05, 3.63) is 35.6 Å². The molecule has 0 N–H and O–H groups in total. The molecule has 0 radical (unpaired) electrons. The predicted molar refractivity (Wildman–Crippen MR) is 70.1 cm³/mol. The van der Waals surface area contributed by atoms with Crippen molar-refractivity contribution < 1.29 is 13.6 Å². The van der Waals surface area contributed by atoms with Crippen LogP contribution in [0.3, 0.4) is 0 Å². The van der Waals surface area contributed by atoms with Gasteiger partial charge < -0.3 is 4.90 Å². The van der Waals surface area contributed by atoms with Crippen LogP contribution in [0.2, 0.25) is 0 Å². The monoisotopic (exact) mass is 267 g/mol. The van der Waals surface area contributed by atoms with Crippen LogP contribution in [0.4, 0.5) is 8.78 Å². The summed E-state index contributed by atoms with van der Waals surface area (Å²) < 4.78 is 26.6. The number of nitrogens with zero attached hydrogens (tertiary/aromatic N) is 1. The first-order valence-corrected chi connectivity index (χ1v) is 6.54. The summed E-state index contributed by atoms with van der Waals surface area (Å²) in [5, 5.41) is 0. The molecule has 1 saturated heterocycles. The summed E-state index contributed by atoms with van der Waals surface area (Å²) in [7, 11) is 0. The number of carbonyl (C=O) groups excluding carboxylic acids is 1. The second-order valence-electron chi connectivity index (χ2n) is 5.76.